The third-order valence-electron chi connectivity index (χ3n) is 3.90. The Bertz CT molecular complexity index is 943. The second kappa shape index (κ2) is 8.61. The van der Waals surface area contributed by atoms with Crippen LogP contribution in [0.3, 0.4) is 0 Å². The molecule has 3 rings (SSSR count). The summed E-state index contributed by atoms with van der Waals surface area (Å²) >= 11 is 18.8. The number of halogens is 3. The van der Waals surface area contributed by atoms with Gasteiger partial charge in [0.1, 0.15) is 5.25 Å². The molecule has 1 aliphatic heterocycles. The predicted octanol–water partition coefficient (Wildman–Crippen LogP) is 4.94. The van der Waals surface area contributed by atoms with Gasteiger partial charge in [0.05, 0.1) is 15.7 Å². The van der Waals surface area contributed by atoms with Crippen LogP contribution in [0.5, 0.6) is 5.75 Å². The smallest absolute Gasteiger partial charge is 0.238 e. The van der Waals surface area contributed by atoms with Gasteiger partial charge in [0.25, 0.3) is 0 Å². The number of carbonyl (C=O) groups excluding carboxylic acids is 2. The van der Waals surface area contributed by atoms with E-state index in [1.807, 2.05) is 0 Å². The summed E-state index contributed by atoms with van der Waals surface area (Å²) in [6, 6.07) is 9.52. The Morgan fingerprint density at radius 2 is 1.82 bits per heavy atom. The van der Waals surface area contributed by atoms with Crippen LogP contribution in [0.2, 0.25) is 15.1 Å². The molecular weight excluding hydrogens is 445 g/mol. The van der Waals surface area contributed by atoms with Crippen molar-refractivity contribution in [3.63, 3.8) is 0 Å². The van der Waals surface area contributed by atoms with Gasteiger partial charge in [-0.3, -0.25) is 14.5 Å². The van der Waals surface area contributed by atoms with Gasteiger partial charge in [-0.2, -0.15) is 0 Å². The van der Waals surface area contributed by atoms with Crippen molar-refractivity contribution < 1.29 is 14.7 Å². The first-order valence-corrected chi connectivity index (χ1v) is 10.0. The standard InChI is InChI=1S/C18H14Cl3N3O3S/c1-24-15(25)8-14(17(27)22-10-4-2-9(19)3-5-10)28-18(24)23-11-6-12(20)16(26)13(21)7-11/h2-7,14,26H,8H2,1H3,(H,22,27). The average Bonchev–Trinajstić information content (AvgIpc) is 2.65. The lowest BCUT2D eigenvalue weighted by Gasteiger charge is -2.28. The Labute approximate surface area is 180 Å². The molecular formula is C18H14Cl3N3O3S. The van der Waals surface area contributed by atoms with Crippen LogP contribution in [0, 0.1) is 0 Å². The summed E-state index contributed by atoms with van der Waals surface area (Å²) in [4.78, 5) is 30.7. The molecule has 2 aromatic rings. The number of nitrogens with one attached hydrogen (secondary N) is 1. The van der Waals surface area contributed by atoms with Crippen LogP contribution in [0.15, 0.2) is 41.4 Å². The molecule has 0 bridgehead atoms. The first-order valence-electron chi connectivity index (χ1n) is 8.01. The second-order valence-electron chi connectivity index (χ2n) is 5.91. The normalized spacial score (nSPS) is 18.4. The minimum absolute atomic E-state index is 0.0384. The first-order chi connectivity index (χ1) is 13.2. The zero-order valence-electron chi connectivity index (χ0n) is 14.4. The van der Waals surface area contributed by atoms with Crippen molar-refractivity contribution in [3.05, 3.63) is 51.5 Å². The molecule has 0 aliphatic carbocycles. The summed E-state index contributed by atoms with van der Waals surface area (Å²) in [6.07, 6.45) is 0.0384. The quantitative estimate of drug-likeness (QED) is 0.682. The number of phenols is 1. The minimum Gasteiger partial charge on any atom is -0.505 e. The molecule has 1 heterocycles. The Kier molecular flexibility index (Phi) is 6.40. The summed E-state index contributed by atoms with van der Waals surface area (Å²) in [5.41, 5.74) is 0.936. The van der Waals surface area contributed by atoms with E-state index in [0.717, 1.165) is 11.8 Å². The van der Waals surface area contributed by atoms with E-state index in [1.54, 1.807) is 31.3 Å². The van der Waals surface area contributed by atoms with Crippen LogP contribution >= 0.6 is 46.6 Å². The van der Waals surface area contributed by atoms with E-state index in [4.69, 9.17) is 34.8 Å². The monoisotopic (exact) mass is 457 g/mol. The molecule has 0 saturated carbocycles. The van der Waals surface area contributed by atoms with Crippen LogP contribution in [0.25, 0.3) is 0 Å². The van der Waals surface area contributed by atoms with E-state index in [-0.39, 0.29) is 34.0 Å². The number of hydrogen-bond acceptors (Lipinski definition) is 5. The van der Waals surface area contributed by atoms with Crippen molar-refractivity contribution in [2.45, 2.75) is 11.7 Å². The number of aromatic hydroxyl groups is 1. The molecule has 28 heavy (non-hydrogen) atoms. The lowest BCUT2D eigenvalue weighted by molar-refractivity contribution is -0.128. The Morgan fingerprint density at radius 3 is 2.43 bits per heavy atom. The van der Waals surface area contributed by atoms with Crippen molar-refractivity contribution in [2.75, 3.05) is 12.4 Å². The van der Waals surface area contributed by atoms with Crippen LogP contribution in [-0.2, 0) is 9.59 Å². The van der Waals surface area contributed by atoms with Crippen molar-refractivity contribution in [1.29, 1.82) is 0 Å². The van der Waals surface area contributed by atoms with E-state index >= 15 is 0 Å². The van der Waals surface area contributed by atoms with Gasteiger partial charge in [0, 0.05) is 24.2 Å². The molecule has 2 amide bonds. The van der Waals surface area contributed by atoms with Crippen molar-refractivity contribution in [2.24, 2.45) is 4.99 Å². The van der Waals surface area contributed by atoms with Gasteiger partial charge in [-0.05, 0) is 36.4 Å². The highest BCUT2D eigenvalue weighted by Gasteiger charge is 2.34. The molecule has 0 radical (unpaired) electrons. The van der Waals surface area contributed by atoms with Crippen LogP contribution in [-0.4, -0.2) is 39.3 Å². The summed E-state index contributed by atoms with van der Waals surface area (Å²) in [5.74, 6) is -0.804. The molecule has 0 spiro atoms. The second-order valence-corrected chi connectivity index (χ2v) is 8.33. The Hall–Kier alpha value is -1.93. The maximum atomic E-state index is 12.6. The number of nitrogens with zero attached hydrogens (tertiary/aromatic N) is 2. The largest absolute Gasteiger partial charge is 0.505 e. The maximum Gasteiger partial charge on any atom is 0.238 e. The van der Waals surface area contributed by atoms with Crippen molar-refractivity contribution in [1.82, 2.24) is 4.90 Å². The number of benzene rings is 2. The number of hydrogen-bond donors (Lipinski definition) is 2. The lowest BCUT2D eigenvalue weighted by atomic mass is 10.2. The van der Waals surface area contributed by atoms with Crippen LogP contribution in [0.4, 0.5) is 11.4 Å². The fourth-order valence-corrected chi connectivity index (χ4v) is 4.05. The number of thioether (sulfide) groups is 1. The van der Waals surface area contributed by atoms with Gasteiger partial charge < -0.3 is 10.4 Å². The fourth-order valence-electron chi connectivity index (χ4n) is 2.38. The first kappa shape index (κ1) is 20.8. The van der Waals surface area contributed by atoms with Crippen molar-refractivity contribution in [3.8, 4) is 5.75 Å². The molecule has 0 aromatic heterocycles. The molecule has 1 saturated heterocycles. The molecule has 6 nitrogen and oxygen atoms in total. The number of rotatable bonds is 3. The van der Waals surface area contributed by atoms with Crippen molar-refractivity contribution >= 4 is 74.9 Å². The van der Waals surface area contributed by atoms with E-state index < -0.39 is 5.25 Å². The number of amidine groups is 1. The molecule has 10 heteroatoms. The maximum absolute atomic E-state index is 12.6. The molecule has 1 fully saturated rings. The van der Waals surface area contributed by atoms with Crippen LogP contribution < -0.4 is 5.32 Å². The number of phenolic OH excluding ortho intramolecular Hbond substituents is 1. The van der Waals surface area contributed by atoms with E-state index in [1.165, 1.54) is 17.0 Å². The van der Waals surface area contributed by atoms with Gasteiger partial charge in [-0.1, -0.05) is 46.6 Å². The Morgan fingerprint density at radius 1 is 1.21 bits per heavy atom. The zero-order chi connectivity index (χ0) is 20.4. The highest BCUT2D eigenvalue weighted by atomic mass is 35.5. The van der Waals surface area contributed by atoms with Gasteiger partial charge in [0.15, 0.2) is 10.9 Å². The number of anilines is 1. The van der Waals surface area contributed by atoms with Gasteiger partial charge in [-0.15, -0.1) is 0 Å². The topological polar surface area (TPSA) is 82.0 Å². The molecule has 1 aliphatic rings. The summed E-state index contributed by atoms with van der Waals surface area (Å²) in [7, 11) is 1.57. The molecule has 1 unspecified atom stereocenters. The zero-order valence-corrected chi connectivity index (χ0v) is 17.5. The van der Waals surface area contributed by atoms with E-state index in [2.05, 4.69) is 10.3 Å². The summed E-state index contributed by atoms with van der Waals surface area (Å²) in [6.45, 7) is 0. The SMILES string of the molecule is CN1C(=O)CC(C(=O)Nc2ccc(Cl)cc2)SC1=Nc1cc(Cl)c(O)c(Cl)c1. The third kappa shape index (κ3) is 4.72. The Balaban J connectivity index is 1.81. The minimum atomic E-state index is -0.652. The number of amides is 2. The average molecular weight is 459 g/mol. The molecule has 2 N–H and O–H groups in total. The summed E-state index contributed by atoms with van der Waals surface area (Å²) in [5, 5.41) is 12.7. The lowest BCUT2D eigenvalue weighted by Crippen LogP contribution is -2.43. The van der Waals surface area contributed by atoms with Gasteiger partial charge >= 0.3 is 0 Å². The molecule has 1 atom stereocenters. The van der Waals surface area contributed by atoms with Gasteiger partial charge in [-0.25, -0.2) is 4.99 Å². The highest BCUT2D eigenvalue weighted by molar-refractivity contribution is 8.15. The van der Waals surface area contributed by atoms with E-state index in [0.29, 0.717) is 21.6 Å². The number of aliphatic imine (C=N–C) groups is 1. The third-order valence-corrected chi connectivity index (χ3v) is 5.97. The number of carbonyl (C=O) groups is 2. The summed E-state index contributed by atoms with van der Waals surface area (Å²) < 4.78 is 0. The molecule has 2 aromatic carbocycles. The van der Waals surface area contributed by atoms with Gasteiger partial charge in [0.2, 0.25) is 11.8 Å². The fraction of sp³-hybridized carbons (Fsp3) is 0.167. The molecule has 146 valence electrons. The van der Waals surface area contributed by atoms with Crippen LogP contribution in [0.1, 0.15) is 6.42 Å². The predicted molar refractivity (Wildman–Crippen MR) is 114 cm³/mol. The van der Waals surface area contributed by atoms with E-state index in [9.17, 15) is 14.7 Å². The highest BCUT2D eigenvalue weighted by Crippen LogP contribution is 2.37.